The number of anilines is 3. The molecule has 3 aliphatic rings. The minimum atomic E-state index is -0.0784. The van der Waals surface area contributed by atoms with E-state index in [1.165, 1.54) is 11.9 Å². The Bertz CT molecular complexity index is 2780. The van der Waals surface area contributed by atoms with Gasteiger partial charge < -0.3 is 34.5 Å². The molecular formula is C45H49N15O4. The molecule has 0 spiro atoms. The maximum absolute atomic E-state index is 13.6. The average molecular weight is 864 g/mol. The zero-order valence-corrected chi connectivity index (χ0v) is 35.7. The van der Waals surface area contributed by atoms with Crippen molar-refractivity contribution in [2.45, 2.75) is 32.9 Å². The number of aryl methyl sites for hydroxylation is 1. The molecule has 328 valence electrons. The van der Waals surface area contributed by atoms with Crippen molar-refractivity contribution in [3.8, 4) is 11.3 Å². The second-order valence-corrected chi connectivity index (χ2v) is 16.5. The Morgan fingerprint density at radius 2 is 1.53 bits per heavy atom. The Labute approximate surface area is 368 Å². The number of oxazole rings is 1. The smallest absolute Gasteiger partial charge is 0.292 e. The summed E-state index contributed by atoms with van der Waals surface area (Å²) in [7, 11) is 0. The number of carbonyl (C=O) groups excluding carboxylic acids is 2. The fourth-order valence-corrected chi connectivity index (χ4v) is 8.65. The molecule has 19 nitrogen and oxygen atoms in total. The number of amides is 2. The van der Waals surface area contributed by atoms with Crippen molar-refractivity contribution in [3.05, 3.63) is 102 Å². The summed E-state index contributed by atoms with van der Waals surface area (Å²) in [5.41, 5.74) is 14.3. The fourth-order valence-electron chi connectivity index (χ4n) is 8.65. The minimum Gasteiger partial charge on any atom is -0.424 e. The molecule has 10 rings (SSSR count). The Morgan fingerprint density at radius 3 is 2.31 bits per heavy atom. The summed E-state index contributed by atoms with van der Waals surface area (Å²) >= 11 is 0. The first kappa shape index (κ1) is 40.9. The van der Waals surface area contributed by atoms with Gasteiger partial charge in [0.15, 0.2) is 11.2 Å². The molecule has 0 unspecified atom stereocenters. The molecule has 0 bridgehead atoms. The molecule has 2 aromatic carbocycles. The third-order valence-corrected chi connectivity index (χ3v) is 12.2. The first-order valence-electron chi connectivity index (χ1n) is 21.7. The van der Waals surface area contributed by atoms with E-state index in [-0.39, 0.29) is 17.8 Å². The zero-order valence-electron chi connectivity index (χ0n) is 35.7. The van der Waals surface area contributed by atoms with Gasteiger partial charge in [0.25, 0.3) is 11.9 Å². The topological polar surface area (TPSA) is 207 Å². The summed E-state index contributed by atoms with van der Waals surface area (Å²) in [6, 6.07) is 12.2. The lowest BCUT2D eigenvalue weighted by atomic mass is 9.97. The first-order chi connectivity index (χ1) is 31.3. The van der Waals surface area contributed by atoms with Crippen molar-refractivity contribution in [3.63, 3.8) is 0 Å². The SMILES string of the molecule is Cc1cnc(N2CCN(C(=O)CCOCCN3CCN(c4ncc(C(=O)N5CCc6cc(Cn7nc(-c8ccc9oc(N)nc9c8)c8cncnc87)ccc6C5)cn4)CC3)CC2)nc1. The van der Waals surface area contributed by atoms with Crippen LogP contribution < -0.4 is 15.5 Å². The van der Waals surface area contributed by atoms with Crippen LogP contribution in [0, 0.1) is 6.92 Å². The standard InChI is InChI=1S/C45H49N15O4/c1-30-22-48-44(49-23-30)58-15-13-56(14-16-58)39(61)7-18-63-19-17-55-9-11-57(12-10-55)45-50-24-35(25-51-45)42(62)59-8-6-32-20-31(2-3-34(32)28-59)27-60-41-36(26-47-29-52-41)40(54-60)33-4-5-38-37(21-33)53-43(46)64-38/h2-5,20-26,29H,6-19,27-28H2,1H3,(H2,46,53). The third-order valence-electron chi connectivity index (χ3n) is 12.2. The molecule has 0 saturated carbocycles. The summed E-state index contributed by atoms with van der Waals surface area (Å²) < 4.78 is 13.2. The predicted octanol–water partition coefficient (Wildman–Crippen LogP) is 3.23. The van der Waals surface area contributed by atoms with Crippen molar-refractivity contribution in [1.29, 1.82) is 0 Å². The molecule has 2 N–H and O–H groups in total. The lowest BCUT2D eigenvalue weighted by molar-refractivity contribution is -0.132. The number of nitrogen functional groups attached to an aromatic ring is 1. The van der Waals surface area contributed by atoms with Gasteiger partial charge in [-0.15, -0.1) is 0 Å². The third kappa shape index (κ3) is 8.76. The van der Waals surface area contributed by atoms with E-state index in [0.717, 1.165) is 91.2 Å². The van der Waals surface area contributed by atoms with Crippen LogP contribution in [0.4, 0.5) is 17.9 Å². The van der Waals surface area contributed by atoms with Crippen LogP contribution in [0.25, 0.3) is 33.4 Å². The molecule has 0 radical (unpaired) electrons. The highest BCUT2D eigenvalue weighted by Crippen LogP contribution is 2.31. The van der Waals surface area contributed by atoms with Gasteiger partial charge in [0, 0.05) is 109 Å². The number of benzene rings is 2. The number of piperazine rings is 2. The first-order valence-corrected chi connectivity index (χ1v) is 21.7. The van der Waals surface area contributed by atoms with Crippen molar-refractivity contribution >= 4 is 51.9 Å². The molecule has 3 aliphatic heterocycles. The highest BCUT2D eigenvalue weighted by molar-refractivity contribution is 5.94. The van der Waals surface area contributed by atoms with E-state index in [0.29, 0.717) is 80.9 Å². The van der Waals surface area contributed by atoms with Crippen LogP contribution in [0.5, 0.6) is 0 Å². The van der Waals surface area contributed by atoms with Gasteiger partial charge >= 0.3 is 0 Å². The summed E-state index contributed by atoms with van der Waals surface area (Å²) in [6.07, 6.45) is 11.4. The maximum atomic E-state index is 13.6. The average Bonchev–Trinajstić information content (AvgIpc) is 3.90. The Morgan fingerprint density at radius 1 is 0.781 bits per heavy atom. The number of ether oxygens (including phenoxy) is 1. The second-order valence-electron chi connectivity index (χ2n) is 16.5. The number of rotatable bonds is 12. The van der Waals surface area contributed by atoms with E-state index < -0.39 is 0 Å². The van der Waals surface area contributed by atoms with E-state index in [4.69, 9.17) is 20.0 Å². The molecule has 2 amide bonds. The molecule has 2 fully saturated rings. The quantitative estimate of drug-likeness (QED) is 0.175. The van der Waals surface area contributed by atoms with Crippen molar-refractivity contribution in [2.24, 2.45) is 0 Å². The lowest BCUT2D eigenvalue weighted by Gasteiger charge is -2.35. The van der Waals surface area contributed by atoms with Gasteiger partial charge in [-0.25, -0.2) is 34.6 Å². The fraction of sp³-hybridized carbons (Fsp3) is 0.378. The summed E-state index contributed by atoms with van der Waals surface area (Å²) in [6.45, 7) is 11.4. The number of hydrogen-bond acceptors (Lipinski definition) is 16. The van der Waals surface area contributed by atoms with Gasteiger partial charge in [-0.2, -0.15) is 10.1 Å². The molecule has 2 saturated heterocycles. The second kappa shape index (κ2) is 17.9. The normalized spacial score (nSPS) is 15.9. The van der Waals surface area contributed by atoms with Gasteiger partial charge in [0.1, 0.15) is 17.5 Å². The van der Waals surface area contributed by atoms with E-state index in [1.807, 2.05) is 52.0 Å². The number of nitrogens with zero attached hydrogens (tertiary/aromatic N) is 14. The number of hydrogen-bond donors (Lipinski definition) is 1. The number of aromatic nitrogens is 9. The van der Waals surface area contributed by atoms with E-state index in [2.05, 4.69) is 67.8 Å². The Kier molecular flexibility index (Phi) is 11.5. The lowest BCUT2D eigenvalue weighted by Crippen LogP contribution is -2.49. The van der Waals surface area contributed by atoms with E-state index in [9.17, 15) is 9.59 Å². The monoisotopic (exact) mass is 863 g/mol. The molecule has 5 aromatic heterocycles. The largest absolute Gasteiger partial charge is 0.424 e. The highest BCUT2D eigenvalue weighted by Gasteiger charge is 2.26. The van der Waals surface area contributed by atoms with Gasteiger partial charge in [0.05, 0.1) is 37.1 Å². The molecule has 19 heteroatoms. The molecule has 0 aliphatic carbocycles. The van der Waals surface area contributed by atoms with E-state index in [1.54, 1.807) is 18.6 Å². The molecule has 64 heavy (non-hydrogen) atoms. The predicted molar refractivity (Wildman–Crippen MR) is 238 cm³/mol. The van der Waals surface area contributed by atoms with E-state index >= 15 is 0 Å². The van der Waals surface area contributed by atoms with Gasteiger partial charge in [-0.3, -0.25) is 14.5 Å². The van der Waals surface area contributed by atoms with Crippen LogP contribution in [-0.4, -0.2) is 150 Å². The maximum Gasteiger partial charge on any atom is 0.292 e. The van der Waals surface area contributed by atoms with Gasteiger partial charge in [0.2, 0.25) is 17.8 Å². The van der Waals surface area contributed by atoms with Crippen LogP contribution in [0.3, 0.4) is 0 Å². The summed E-state index contributed by atoms with van der Waals surface area (Å²) in [4.78, 5) is 68.0. The molecule has 8 heterocycles. The summed E-state index contributed by atoms with van der Waals surface area (Å²) in [5, 5.41) is 5.80. The molecule has 0 atom stereocenters. The number of fused-ring (bicyclic) bond motifs is 3. The number of nitrogens with two attached hydrogens (primary N) is 1. The van der Waals surface area contributed by atoms with Crippen LogP contribution in [0.1, 0.15) is 39.0 Å². The van der Waals surface area contributed by atoms with Crippen molar-refractivity contribution in [1.82, 2.24) is 59.4 Å². The van der Waals surface area contributed by atoms with Crippen LogP contribution in [0.15, 0.2) is 78.1 Å². The molecule has 7 aromatic rings. The molecular weight excluding hydrogens is 815 g/mol. The number of carbonyl (C=O) groups is 2. The minimum absolute atomic E-state index is 0.0784. The summed E-state index contributed by atoms with van der Waals surface area (Å²) in [5.74, 6) is 1.38. The van der Waals surface area contributed by atoms with Gasteiger partial charge in [-0.1, -0.05) is 18.2 Å². The van der Waals surface area contributed by atoms with Gasteiger partial charge in [-0.05, 0) is 53.8 Å². The van der Waals surface area contributed by atoms with Crippen LogP contribution >= 0.6 is 0 Å². The Balaban J connectivity index is 0.665. The van der Waals surface area contributed by atoms with Crippen molar-refractivity contribution < 1.29 is 18.7 Å². The van der Waals surface area contributed by atoms with Crippen LogP contribution in [-0.2, 0) is 29.0 Å². The highest BCUT2D eigenvalue weighted by atomic mass is 16.5. The Hall–Kier alpha value is -7.12. The van der Waals surface area contributed by atoms with Crippen LogP contribution in [0.2, 0.25) is 0 Å². The zero-order chi connectivity index (χ0) is 43.6. The van der Waals surface area contributed by atoms with Crippen molar-refractivity contribution in [2.75, 3.05) is 94.2 Å².